The molecule has 2 aromatic rings. The van der Waals surface area contributed by atoms with Crippen LogP contribution in [-0.2, 0) is 0 Å². The lowest BCUT2D eigenvalue weighted by molar-refractivity contribution is 0.216. The van der Waals surface area contributed by atoms with E-state index < -0.39 is 11.6 Å². The lowest BCUT2D eigenvalue weighted by Crippen LogP contribution is -2.28. The Morgan fingerprint density at radius 1 is 0.812 bits per heavy atom. The van der Waals surface area contributed by atoms with E-state index in [9.17, 15) is 8.78 Å². The fraction of sp³-hybridized carbons (Fsp3) is 0.571. The Morgan fingerprint density at radius 3 is 2.09 bits per heavy atom. The van der Waals surface area contributed by atoms with Crippen LogP contribution >= 0.6 is 0 Å². The van der Waals surface area contributed by atoms with Gasteiger partial charge in [-0.3, -0.25) is 0 Å². The van der Waals surface area contributed by atoms with Gasteiger partial charge in [-0.25, -0.2) is 4.39 Å². The van der Waals surface area contributed by atoms with Crippen LogP contribution in [0.15, 0.2) is 36.4 Å². The lowest BCUT2D eigenvalue weighted by atomic mass is 9.72. The van der Waals surface area contributed by atoms with Crippen molar-refractivity contribution < 1.29 is 13.5 Å². The van der Waals surface area contributed by atoms with E-state index >= 15 is 0 Å². The smallest absolute Gasteiger partial charge is 0.201 e. The summed E-state index contributed by atoms with van der Waals surface area (Å²) in [5.41, 5.74) is 2.36. The van der Waals surface area contributed by atoms with Gasteiger partial charge in [-0.05, 0) is 73.6 Å². The summed E-state index contributed by atoms with van der Waals surface area (Å²) in [5.74, 6) is 0.759. The molecule has 0 radical (unpaired) electrons. The first-order valence-corrected chi connectivity index (χ1v) is 15.3. The second-order valence-corrected chi connectivity index (χ2v) is 13.4. The van der Waals surface area contributed by atoms with E-state index in [2.05, 4.69) is 19.1 Å². The highest BCUT2D eigenvalue weighted by atomic mass is 28.3. The third-order valence-electron chi connectivity index (χ3n) is 8.07. The van der Waals surface area contributed by atoms with Gasteiger partial charge in [0.15, 0.2) is 11.6 Å². The van der Waals surface area contributed by atoms with Gasteiger partial charge in [0, 0.05) is 14.4 Å². The van der Waals surface area contributed by atoms with Gasteiger partial charge < -0.3 is 4.74 Å². The van der Waals surface area contributed by atoms with Gasteiger partial charge in [0.2, 0.25) is 5.82 Å². The first-order chi connectivity index (χ1) is 15.6. The molecule has 1 saturated heterocycles. The van der Waals surface area contributed by atoms with E-state index in [4.69, 9.17) is 4.74 Å². The molecule has 1 heterocycles. The SMILES string of the molecule is CCC[SiH]1CCC([C@H]2CC[C@H](c3ccc(-c4ccc(OCC)c(F)c4F)cc3)CC2)CC1. The Balaban J connectivity index is 1.34. The quantitative estimate of drug-likeness (QED) is 0.380. The molecule has 0 bridgehead atoms. The largest absolute Gasteiger partial charge is 0.491 e. The molecule has 1 aliphatic heterocycles. The molecule has 0 unspecified atom stereocenters. The van der Waals surface area contributed by atoms with Gasteiger partial charge in [0.05, 0.1) is 6.61 Å². The molecule has 4 rings (SSSR count). The number of halogens is 2. The van der Waals surface area contributed by atoms with Crippen LogP contribution in [0.1, 0.15) is 70.3 Å². The molecule has 0 spiro atoms. The molecular formula is C28H38F2OSi. The Bertz CT molecular complexity index is 866. The molecule has 4 heteroatoms. The zero-order valence-electron chi connectivity index (χ0n) is 19.7. The molecule has 1 aliphatic carbocycles. The summed E-state index contributed by atoms with van der Waals surface area (Å²) in [6.07, 6.45) is 9.65. The molecule has 174 valence electrons. The van der Waals surface area contributed by atoms with E-state index in [0.29, 0.717) is 18.1 Å². The zero-order chi connectivity index (χ0) is 22.5. The average molecular weight is 457 g/mol. The summed E-state index contributed by atoms with van der Waals surface area (Å²) in [6.45, 7) is 4.42. The minimum absolute atomic E-state index is 0.0247. The number of hydrogen-bond donors (Lipinski definition) is 0. The minimum Gasteiger partial charge on any atom is -0.491 e. The zero-order valence-corrected chi connectivity index (χ0v) is 20.9. The molecule has 32 heavy (non-hydrogen) atoms. The lowest BCUT2D eigenvalue weighted by Gasteiger charge is -2.37. The standard InChI is InChI=1S/C28H38F2OSi/c1-3-17-32-18-15-23(16-19-32)22-7-5-20(6-8-22)21-9-11-24(12-10-21)25-13-14-26(31-4-2)28(30)27(25)29/h9-14,20,22-23,32H,3-8,15-19H2,1-2H3/t20-,22-,23?,32?. The summed E-state index contributed by atoms with van der Waals surface area (Å²) in [6, 6.07) is 16.0. The maximum atomic E-state index is 14.6. The molecule has 0 N–H and O–H groups in total. The van der Waals surface area contributed by atoms with E-state index in [1.165, 1.54) is 56.6 Å². The van der Waals surface area contributed by atoms with Crippen molar-refractivity contribution in [3.05, 3.63) is 53.6 Å². The van der Waals surface area contributed by atoms with Crippen molar-refractivity contribution in [2.45, 2.75) is 82.8 Å². The van der Waals surface area contributed by atoms with Crippen LogP contribution in [-0.4, -0.2) is 15.4 Å². The summed E-state index contributed by atoms with van der Waals surface area (Å²) >= 11 is 0. The van der Waals surface area contributed by atoms with Crippen molar-refractivity contribution in [1.82, 2.24) is 0 Å². The molecule has 2 fully saturated rings. The topological polar surface area (TPSA) is 9.23 Å². The summed E-state index contributed by atoms with van der Waals surface area (Å²) in [4.78, 5) is 0. The van der Waals surface area contributed by atoms with Crippen LogP contribution in [0.5, 0.6) is 5.75 Å². The molecule has 1 saturated carbocycles. The van der Waals surface area contributed by atoms with Crippen LogP contribution in [0.25, 0.3) is 11.1 Å². The highest BCUT2D eigenvalue weighted by Gasteiger charge is 2.31. The monoisotopic (exact) mass is 456 g/mol. The predicted molar refractivity (Wildman–Crippen MR) is 132 cm³/mol. The Labute approximate surface area is 194 Å². The molecule has 0 atom stereocenters. The molecule has 2 aliphatic rings. The minimum atomic E-state index is -0.904. The van der Waals surface area contributed by atoms with Crippen LogP contribution in [0.3, 0.4) is 0 Å². The third kappa shape index (κ3) is 5.27. The van der Waals surface area contributed by atoms with E-state index in [0.717, 1.165) is 17.4 Å². The van der Waals surface area contributed by atoms with Crippen LogP contribution < -0.4 is 4.74 Å². The Kier molecular flexibility index (Phi) is 8.04. The molecule has 0 aromatic heterocycles. The fourth-order valence-electron chi connectivity index (χ4n) is 6.24. The third-order valence-corrected chi connectivity index (χ3v) is 11.8. The van der Waals surface area contributed by atoms with Crippen LogP contribution in [0.2, 0.25) is 18.1 Å². The van der Waals surface area contributed by atoms with E-state index in [-0.39, 0.29) is 14.5 Å². The highest BCUT2D eigenvalue weighted by molar-refractivity contribution is 6.58. The van der Waals surface area contributed by atoms with Crippen molar-refractivity contribution >= 4 is 8.80 Å². The Morgan fingerprint density at radius 2 is 1.47 bits per heavy atom. The fourth-order valence-corrected chi connectivity index (χ4v) is 9.72. The maximum Gasteiger partial charge on any atom is 0.201 e. The number of hydrogen-bond acceptors (Lipinski definition) is 1. The summed E-state index contributed by atoms with van der Waals surface area (Å²) in [7, 11) is -0.382. The van der Waals surface area contributed by atoms with Crippen LogP contribution in [0.4, 0.5) is 8.78 Å². The van der Waals surface area contributed by atoms with Crippen molar-refractivity contribution in [3.8, 4) is 16.9 Å². The average Bonchev–Trinajstić information content (AvgIpc) is 2.83. The normalized spacial score (nSPS) is 26.1. The van der Waals surface area contributed by atoms with Gasteiger partial charge in [-0.1, -0.05) is 68.6 Å². The van der Waals surface area contributed by atoms with E-state index in [1.54, 1.807) is 31.1 Å². The van der Waals surface area contributed by atoms with Gasteiger partial charge in [0.1, 0.15) is 0 Å². The van der Waals surface area contributed by atoms with Gasteiger partial charge >= 0.3 is 0 Å². The van der Waals surface area contributed by atoms with Gasteiger partial charge in [-0.15, -0.1) is 0 Å². The van der Waals surface area contributed by atoms with E-state index in [1.807, 2.05) is 12.1 Å². The maximum absolute atomic E-state index is 14.6. The first kappa shape index (κ1) is 23.5. The van der Waals surface area contributed by atoms with Crippen molar-refractivity contribution in [2.24, 2.45) is 11.8 Å². The molecule has 2 aromatic carbocycles. The number of ether oxygens (including phenoxy) is 1. The Hall–Kier alpha value is -1.68. The van der Waals surface area contributed by atoms with Crippen molar-refractivity contribution in [3.63, 3.8) is 0 Å². The van der Waals surface area contributed by atoms with Crippen LogP contribution in [0, 0.1) is 23.5 Å². The molecule has 0 amide bonds. The summed E-state index contributed by atoms with van der Waals surface area (Å²) < 4.78 is 34.0. The second kappa shape index (κ2) is 11.0. The van der Waals surface area contributed by atoms with Gasteiger partial charge in [-0.2, -0.15) is 4.39 Å². The number of rotatable bonds is 7. The van der Waals surface area contributed by atoms with Gasteiger partial charge in [0.25, 0.3) is 0 Å². The summed E-state index contributed by atoms with van der Waals surface area (Å²) in [5, 5.41) is 0. The molecule has 1 nitrogen and oxygen atoms in total. The molecular weight excluding hydrogens is 418 g/mol. The van der Waals surface area contributed by atoms with Crippen molar-refractivity contribution in [2.75, 3.05) is 6.61 Å². The second-order valence-electron chi connectivity index (χ2n) is 9.98. The number of benzene rings is 2. The first-order valence-electron chi connectivity index (χ1n) is 12.8. The predicted octanol–water partition coefficient (Wildman–Crippen LogP) is 8.35. The van der Waals surface area contributed by atoms with Crippen molar-refractivity contribution in [1.29, 1.82) is 0 Å². The highest BCUT2D eigenvalue weighted by Crippen LogP contribution is 2.44.